The van der Waals surface area contributed by atoms with E-state index in [1.54, 1.807) is 4.90 Å². The number of terminal acetylenes is 1. The zero-order chi connectivity index (χ0) is 11.4. The Kier molecular flexibility index (Phi) is 4.16. The Balaban J connectivity index is 2.53. The molecule has 1 atom stereocenters. The van der Waals surface area contributed by atoms with Crippen LogP contribution in [0, 0.1) is 24.2 Å². The van der Waals surface area contributed by atoms with Crippen molar-refractivity contribution in [3.05, 3.63) is 0 Å². The minimum atomic E-state index is -0.419. The Morgan fingerprint density at radius 2 is 2.20 bits per heavy atom. The van der Waals surface area contributed by atoms with Crippen LogP contribution in [0.15, 0.2) is 0 Å². The van der Waals surface area contributed by atoms with Crippen molar-refractivity contribution < 1.29 is 4.79 Å². The fourth-order valence-electron chi connectivity index (χ4n) is 1.45. The van der Waals surface area contributed by atoms with Crippen LogP contribution in [-0.2, 0) is 4.79 Å². The van der Waals surface area contributed by atoms with E-state index >= 15 is 0 Å². The monoisotopic (exact) mass is 208 g/mol. The van der Waals surface area contributed by atoms with E-state index in [1.807, 2.05) is 13.8 Å². The van der Waals surface area contributed by atoms with Crippen LogP contribution < -0.4 is 5.73 Å². The van der Waals surface area contributed by atoms with Gasteiger partial charge in [-0.3, -0.25) is 4.79 Å². The molecule has 0 radical (unpaired) electrons. The molecular weight excluding hydrogens is 188 g/mol. The smallest absolute Gasteiger partial charge is 0.240 e. The van der Waals surface area contributed by atoms with Gasteiger partial charge in [0.05, 0.1) is 12.6 Å². The molecule has 0 bridgehead atoms. The van der Waals surface area contributed by atoms with Crippen molar-refractivity contribution >= 4 is 5.91 Å². The maximum atomic E-state index is 11.9. The Hall–Kier alpha value is -1.01. The molecule has 0 aromatic heterocycles. The molecule has 0 saturated heterocycles. The van der Waals surface area contributed by atoms with Gasteiger partial charge in [0.15, 0.2) is 0 Å². The van der Waals surface area contributed by atoms with Gasteiger partial charge in [-0.1, -0.05) is 19.8 Å². The first kappa shape index (κ1) is 12.1. The predicted octanol–water partition coefficient (Wildman–Crippen LogP) is 0.841. The lowest BCUT2D eigenvalue weighted by atomic mass is 10.0. The summed E-state index contributed by atoms with van der Waals surface area (Å²) in [5.74, 6) is 3.34. The van der Waals surface area contributed by atoms with E-state index in [4.69, 9.17) is 12.2 Å². The third-order valence-electron chi connectivity index (χ3n) is 2.77. The largest absolute Gasteiger partial charge is 0.330 e. The van der Waals surface area contributed by atoms with E-state index in [0.717, 1.165) is 6.54 Å². The quantitative estimate of drug-likeness (QED) is 0.681. The normalized spacial score (nSPS) is 17.3. The first-order valence-electron chi connectivity index (χ1n) is 5.54. The number of hydrogen-bond donors (Lipinski definition) is 1. The van der Waals surface area contributed by atoms with Crippen LogP contribution in [0.3, 0.4) is 0 Å². The van der Waals surface area contributed by atoms with Crippen molar-refractivity contribution in [2.75, 3.05) is 13.1 Å². The fraction of sp³-hybridized carbons (Fsp3) is 0.750. The third kappa shape index (κ3) is 3.56. The van der Waals surface area contributed by atoms with Crippen molar-refractivity contribution in [2.45, 2.75) is 32.7 Å². The Morgan fingerprint density at radius 3 is 2.60 bits per heavy atom. The summed E-state index contributed by atoms with van der Waals surface area (Å²) in [5.41, 5.74) is 5.83. The average molecular weight is 208 g/mol. The van der Waals surface area contributed by atoms with Gasteiger partial charge in [-0.15, -0.1) is 6.42 Å². The third-order valence-corrected chi connectivity index (χ3v) is 2.77. The van der Waals surface area contributed by atoms with Crippen molar-refractivity contribution in [1.29, 1.82) is 0 Å². The maximum absolute atomic E-state index is 11.9. The van der Waals surface area contributed by atoms with E-state index in [9.17, 15) is 4.79 Å². The van der Waals surface area contributed by atoms with Crippen LogP contribution in [0.25, 0.3) is 0 Å². The second kappa shape index (κ2) is 5.18. The number of carbonyl (C=O) groups excluding carboxylic acids is 1. The highest BCUT2D eigenvalue weighted by molar-refractivity contribution is 5.82. The van der Waals surface area contributed by atoms with Crippen molar-refractivity contribution in [3.63, 3.8) is 0 Å². The van der Waals surface area contributed by atoms with Crippen LogP contribution in [-0.4, -0.2) is 29.9 Å². The summed E-state index contributed by atoms with van der Waals surface area (Å²) in [6.45, 7) is 5.07. The van der Waals surface area contributed by atoms with E-state index in [1.165, 1.54) is 12.8 Å². The van der Waals surface area contributed by atoms with Crippen molar-refractivity contribution in [1.82, 2.24) is 4.90 Å². The topological polar surface area (TPSA) is 46.3 Å². The highest BCUT2D eigenvalue weighted by Gasteiger charge is 2.29. The Bertz CT molecular complexity index is 263. The first-order chi connectivity index (χ1) is 7.06. The lowest BCUT2D eigenvalue weighted by Crippen LogP contribution is -2.47. The van der Waals surface area contributed by atoms with E-state index in [0.29, 0.717) is 12.5 Å². The average Bonchev–Trinajstić information content (AvgIpc) is 2.98. The molecule has 84 valence electrons. The molecule has 0 aromatic rings. The van der Waals surface area contributed by atoms with Crippen LogP contribution >= 0.6 is 0 Å². The van der Waals surface area contributed by atoms with Gasteiger partial charge in [-0.2, -0.15) is 0 Å². The summed E-state index contributed by atoms with van der Waals surface area (Å²) in [6, 6.07) is -0.419. The number of nitrogens with zero attached hydrogens (tertiary/aromatic N) is 1. The van der Waals surface area contributed by atoms with E-state index < -0.39 is 6.04 Å². The van der Waals surface area contributed by atoms with Gasteiger partial charge >= 0.3 is 0 Å². The molecule has 1 unspecified atom stereocenters. The molecular formula is C12H20N2O. The molecule has 1 rings (SSSR count). The maximum Gasteiger partial charge on any atom is 0.240 e. The molecule has 0 spiro atoms. The molecule has 1 aliphatic carbocycles. The number of hydrogen-bond acceptors (Lipinski definition) is 2. The zero-order valence-corrected chi connectivity index (χ0v) is 9.57. The summed E-state index contributed by atoms with van der Waals surface area (Å²) in [7, 11) is 0. The first-order valence-corrected chi connectivity index (χ1v) is 5.54. The lowest BCUT2D eigenvalue weighted by molar-refractivity contribution is -0.133. The van der Waals surface area contributed by atoms with Gasteiger partial charge in [0.2, 0.25) is 5.91 Å². The summed E-state index contributed by atoms with van der Waals surface area (Å²) in [5, 5.41) is 0. The molecule has 1 aliphatic rings. The van der Waals surface area contributed by atoms with E-state index in [-0.39, 0.29) is 11.8 Å². The highest BCUT2D eigenvalue weighted by Crippen LogP contribution is 2.29. The molecule has 0 aromatic carbocycles. The molecule has 1 fully saturated rings. The van der Waals surface area contributed by atoms with Gasteiger partial charge in [0.25, 0.3) is 0 Å². The van der Waals surface area contributed by atoms with Gasteiger partial charge < -0.3 is 10.6 Å². The Morgan fingerprint density at radius 1 is 1.60 bits per heavy atom. The molecule has 2 N–H and O–H groups in total. The Labute approximate surface area is 92.0 Å². The SMILES string of the molecule is C#CCN(CC1CC1)C(=O)C(N)C(C)C. The number of carbonyl (C=O) groups is 1. The molecule has 0 aliphatic heterocycles. The van der Waals surface area contributed by atoms with Gasteiger partial charge in [-0.05, 0) is 24.7 Å². The minimum Gasteiger partial charge on any atom is -0.330 e. The van der Waals surface area contributed by atoms with E-state index in [2.05, 4.69) is 5.92 Å². The van der Waals surface area contributed by atoms with Crippen LogP contribution in [0.1, 0.15) is 26.7 Å². The van der Waals surface area contributed by atoms with Gasteiger partial charge in [-0.25, -0.2) is 0 Å². The molecule has 3 heteroatoms. The second-order valence-corrected chi connectivity index (χ2v) is 4.64. The number of rotatable bonds is 5. The molecule has 1 saturated carbocycles. The zero-order valence-electron chi connectivity index (χ0n) is 9.57. The molecule has 1 amide bonds. The van der Waals surface area contributed by atoms with Gasteiger partial charge in [0.1, 0.15) is 0 Å². The number of amides is 1. The fourth-order valence-corrected chi connectivity index (χ4v) is 1.45. The van der Waals surface area contributed by atoms with Crippen molar-refractivity contribution in [2.24, 2.45) is 17.6 Å². The second-order valence-electron chi connectivity index (χ2n) is 4.64. The number of nitrogens with two attached hydrogens (primary N) is 1. The summed E-state index contributed by atoms with van der Waals surface area (Å²) >= 11 is 0. The molecule has 15 heavy (non-hydrogen) atoms. The molecule has 0 heterocycles. The highest BCUT2D eigenvalue weighted by atomic mass is 16.2. The van der Waals surface area contributed by atoms with Crippen LogP contribution in [0.2, 0.25) is 0 Å². The molecule has 3 nitrogen and oxygen atoms in total. The minimum absolute atomic E-state index is 0.00477. The van der Waals surface area contributed by atoms with Crippen molar-refractivity contribution in [3.8, 4) is 12.3 Å². The van der Waals surface area contributed by atoms with Crippen LogP contribution in [0.5, 0.6) is 0 Å². The predicted molar refractivity (Wildman–Crippen MR) is 61.0 cm³/mol. The van der Waals surface area contributed by atoms with Crippen LogP contribution in [0.4, 0.5) is 0 Å². The van der Waals surface area contributed by atoms with Gasteiger partial charge in [0, 0.05) is 6.54 Å². The summed E-state index contributed by atoms with van der Waals surface area (Å²) in [6.07, 6.45) is 7.68. The summed E-state index contributed by atoms with van der Waals surface area (Å²) < 4.78 is 0. The summed E-state index contributed by atoms with van der Waals surface area (Å²) in [4.78, 5) is 13.7. The standard InChI is InChI=1S/C12H20N2O/c1-4-7-14(8-10-5-6-10)12(15)11(13)9(2)3/h1,9-11H,5-8,13H2,2-3H3. The lowest BCUT2D eigenvalue weighted by Gasteiger charge is -2.25.